The summed E-state index contributed by atoms with van der Waals surface area (Å²) in [4.78, 5) is 25.0. The molecule has 20 heavy (non-hydrogen) atoms. The number of hydrogen-bond donors (Lipinski definition) is 2. The number of hydrogen-bond acceptors (Lipinski definition) is 3. The van der Waals surface area contributed by atoms with Crippen LogP contribution in [-0.4, -0.2) is 30.4 Å². The fraction of sp³-hybridized carbons (Fsp3) is 0.429. The van der Waals surface area contributed by atoms with Gasteiger partial charge in [0.25, 0.3) is 0 Å². The molecular formula is C14H20ClN3O2. The summed E-state index contributed by atoms with van der Waals surface area (Å²) in [7, 11) is 0. The standard InChI is InChI=1S/C14H20ClN3O2/c1-4-18(5-2)12-8-6-11(7-9-12)16-14(20)17-13(19)10(3)15/h6-10H,4-5H2,1-3H3,(H2,16,17,19,20). The van der Waals surface area contributed by atoms with E-state index in [2.05, 4.69) is 29.4 Å². The van der Waals surface area contributed by atoms with Crippen LogP contribution in [0.15, 0.2) is 24.3 Å². The van der Waals surface area contributed by atoms with Gasteiger partial charge in [-0.25, -0.2) is 4.79 Å². The molecule has 0 aliphatic heterocycles. The molecule has 0 radical (unpaired) electrons. The number of urea groups is 1. The lowest BCUT2D eigenvalue weighted by molar-refractivity contribution is -0.119. The maximum absolute atomic E-state index is 11.5. The van der Waals surface area contributed by atoms with Gasteiger partial charge >= 0.3 is 6.03 Å². The first kappa shape index (κ1) is 16.3. The number of nitrogens with zero attached hydrogens (tertiary/aromatic N) is 1. The SMILES string of the molecule is CCN(CC)c1ccc(NC(=O)NC(=O)C(C)Cl)cc1. The Morgan fingerprint density at radius 1 is 1.20 bits per heavy atom. The fourth-order valence-corrected chi connectivity index (χ4v) is 1.77. The largest absolute Gasteiger partial charge is 0.372 e. The molecule has 0 heterocycles. The Hall–Kier alpha value is -1.75. The number of anilines is 2. The summed E-state index contributed by atoms with van der Waals surface area (Å²) < 4.78 is 0. The van der Waals surface area contributed by atoms with E-state index in [-0.39, 0.29) is 0 Å². The van der Waals surface area contributed by atoms with Crippen LogP contribution in [0.25, 0.3) is 0 Å². The Morgan fingerprint density at radius 2 is 1.75 bits per heavy atom. The second-order valence-corrected chi connectivity index (χ2v) is 4.93. The predicted molar refractivity (Wildman–Crippen MR) is 82.5 cm³/mol. The molecule has 0 aliphatic carbocycles. The molecule has 3 amide bonds. The quantitative estimate of drug-likeness (QED) is 0.822. The van der Waals surface area contributed by atoms with Crippen LogP contribution in [0.2, 0.25) is 0 Å². The number of carbonyl (C=O) groups excluding carboxylic acids is 2. The Kier molecular flexibility index (Phi) is 6.31. The third-order valence-corrected chi connectivity index (χ3v) is 3.05. The van der Waals surface area contributed by atoms with Gasteiger partial charge in [0.2, 0.25) is 5.91 Å². The highest BCUT2D eigenvalue weighted by atomic mass is 35.5. The third-order valence-electron chi connectivity index (χ3n) is 2.85. The molecule has 0 spiro atoms. The van der Waals surface area contributed by atoms with Crippen molar-refractivity contribution in [3.05, 3.63) is 24.3 Å². The van der Waals surface area contributed by atoms with E-state index in [9.17, 15) is 9.59 Å². The van der Waals surface area contributed by atoms with E-state index in [1.165, 1.54) is 6.92 Å². The van der Waals surface area contributed by atoms with Gasteiger partial charge in [0.1, 0.15) is 5.38 Å². The van der Waals surface area contributed by atoms with Crippen LogP contribution in [0.4, 0.5) is 16.2 Å². The van der Waals surface area contributed by atoms with Gasteiger partial charge in [-0.1, -0.05) is 0 Å². The summed E-state index contributed by atoms with van der Waals surface area (Å²) in [6.07, 6.45) is 0. The van der Waals surface area contributed by atoms with Gasteiger partial charge in [-0.2, -0.15) is 0 Å². The van der Waals surface area contributed by atoms with Crippen molar-refractivity contribution in [2.45, 2.75) is 26.1 Å². The van der Waals surface area contributed by atoms with Crippen molar-refractivity contribution in [3.63, 3.8) is 0 Å². The van der Waals surface area contributed by atoms with E-state index in [1.807, 2.05) is 12.1 Å². The molecule has 2 N–H and O–H groups in total. The normalized spacial score (nSPS) is 11.6. The molecule has 0 aromatic heterocycles. The second-order valence-electron chi connectivity index (χ2n) is 4.28. The minimum Gasteiger partial charge on any atom is -0.372 e. The molecule has 0 aliphatic rings. The van der Waals surface area contributed by atoms with Gasteiger partial charge in [0.15, 0.2) is 0 Å². The number of benzene rings is 1. The molecule has 0 saturated heterocycles. The average molecular weight is 298 g/mol. The van der Waals surface area contributed by atoms with E-state index in [4.69, 9.17) is 11.6 Å². The summed E-state index contributed by atoms with van der Waals surface area (Å²) in [6.45, 7) is 7.52. The molecule has 110 valence electrons. The number of carbonyl (C=O) groups is 2. The van der Waals surface area contributed by atoms with Gasteiger partial charge in [0.05, 0.1) is 0 Å². The lowest BCUT2D eigenvalue weighted by Gasteiger charge is -2.21. The van der Waals surface area contributed by atoms with E-state index < -0.39 is 17.3 Å². The van der Waals surface area contributed by atoms with Crippen molar-refractivity contribution in [2.24, 2.45) is 0 Å². The Balaban J connectivity index is 2.61. The molecule has 1 atom stereocenters. The zero-order valence-corrected chi connectivity index (χ0v) is 12.7. The fourth-order valence-electron chi connectivity index (χ4n) is 1.72. The van der Waals surface area contributed by atoms with E-state index in [0.29, 0.717) is 5.69 Å². The number of halogens is 1. The van der Waals surface area contributed by atoms with Gasteiger partial charge in [-0.05, 0) is 45.0 Å². The van der Waals surface area contributed by atoms with Gasteiger partial charge < -0.3 is 10.2 Å². The first-order chi connectivity index (χ1) is 9.47. The minimum absolute atomic E-state index is 0.524. The number of imide groups is 1. The van der Waals surface area contributed by atoms with Crippen molar-refractivity contribution in [3.8, 4) is 0 Å². The zero-order valence-electron chi connectivity index (χ0n) is 11.9. The van der Waals surface area contributed by atoms with Gasteiger partial charge in [-0.15, -0.1) is 11.6 Å². The van der Waals surface area contributed by atoms with Gasteiger partial charge in [0, 0.05) is 24.5 Å². The first-order valence-corrected chi connectivity index (χ1v) is 7.02. The first-order valence-electron chi connectivity index (χ1n) is 6.58. The molecule has 0 bridgehead atoms. The highest BCUT2D eigenvalue weighted by Gasteiger charge is 2.12. The second kappa shape index (κ2) is 7.75. The zero-order chi connectivity index (χ0) is 15.1. The monoisotopic (exact) mass is 297 g/mol. The highest BCUT2D eigenvalue weighted by Crippen LogP contribution is 2.17. The Morgan fingerprint density at radius 3 is 2.20 bits per heavy atom. The average Bonchev–Trinajstić information content (AvgIpc) is 2.41. The van der Waals surface area contributed by atoms with E-state index in [0.717, 1.165) is 18.8 Å². The molecule has 0 saturated carbocycles. The van der Waals surface area contributed by atoms with Crippen LogP contribution in [0.1, 0.15) is 20.8 Å². The van der Waals surface area contributed by atoms with E-state index in [1.54, 1.807) is 12.1 Å². The van der Waals surface area contributed by atoms with Crippen LogP contribution in [0.5, 0.6) is 0 Å². The minimum atomic E-state index is -0.745. The van der Waals surface area contributed by atoms with Gasteiger partial charge in [-0.3, -0.25) is 10.1 Å². The van der Waals surface area contributed by atoms with Crippen molar-refractivity contribution >= 4 is 34.9 Å². The van der Waals surface area contributed by atoms with Crippen LogP contribution in [-0.2, 0) is 4.79 Å². The summed E-state index contributed by atoms with van der Waals surface area (Å²) in [5, 5.41) is 3.99. The summed E-state index contributed by atoms with van der Waals surface area (Å²) in [6, 6.07) is 6.85. The van der Waals surface area contributed by atoms with Crippen LogP contribution < -0.4 is 15.5 Å². The molecule has 0 fully saturated rings. The molecule has 5 nitrogen and oxygen atoms in total. The maximum atomic E-state index is 11.5. The van der Waals surface area contributed by atoms with Crippen LogP contribution in [0.3, 0.4) is 0 Å². The summed E-state index contributed by atoms with van der Waals surface area (Å²) >= 11 is 5.57. The van der Waals surface area contributed by atoms with Crippen LogP contribution in [0, 0.1) is 0 Å². The number of amides is 3. The topological polar surface area (TPSA) is 61.4 Å². The predicted octanol–water partition coefficient (Wildman–Crippen LogP) is 2.81. The lowest BCUT2D eigenvalue weighted by atomic mass is 10.2. The molecule has 1 rings (SSSR count). The molecule has 1 aromatic rings. The molecule has 1 aromatic carbocycles. The highest BCUT2D eigenvalue weighted by molar-refractivity contribution is 6.31. The molecule has 1 unspecified atom stereocenters. The number of alkyl halides is 1. The Bertz CT molecular complexity index is 456. The summed E-state index contributed by atoms with van der Waals surface area (Å²) in [5.74, 6) is -0.524. The van der Waals surface area contributed by atoms with Crippen molar-refractivity contribution < 1.29 is 9.59 Å². The smallest absolute Gasteiger partial charge is 0.325 e. The van der Waals surface area contributed by atoms with Crippen LogP contribution >= 0.6 is 11.6 Å². The Labute approximate surface area is 124 Å². The third kappa shape index (κ3) is 4.74. The molecule has 6 heteroatoms. The molecular weight excluding hydrogens is 278 g/mol. The van der Waals surface area contributed by atoms with Crippen molar-refractivity contribution in [2.75, 3.05) is 23.3 Å². The van der Waals surface area contributed by atoms with Crippen molar-refractivity contribution in [1.82, 2.24) is 5.32 Å². The van der Waals surface area contributed by atoms with Crippen molar-refractivity contribution in [1.29, 1.82) is 0 Å². The lowest BCUT2D eigenvalue weighted by Crippen LogP contribution is -2.38. The van der Waals surface area contributed by atoms with E-state index >= 15 is 0 Å². The number of rotatable bonds is 5. The maximum Gasteiger partial charge on any atom is 0.325 e. The number of nitrogens with one attached hydrogen (secondary N) is 2. The summed E-state index contributed by atoms with van der Waals surface area (Å²) in [5.41, 5.74) is 1.71.